The fourth-order valence-electron chi connectivity index (χ4n) is 3.69. The van der Waals surface area contributed by atoms with Gasteiger partial charge in [-0.3, -0.25) is 0 Å². The normalized spacial score (nSPS) is 19.2. The Bertz CT molecular complexity index is 521. The summed E-state index contributed by atoms with van der Waals surface area (Å²) in [6.07, 6.45) is 2.60. The Kier molecular flexibility index (Phi) is 4.94. The second-order valence-electron chi connectivity index (χ2n) is 6.85. The molecule has 0 radical (unpaired) electrons. The van der Waals surface area contributed by atoms with E-state index in [-0.39, 0.29) is 0 Å². The third-order valence-corrected chi connectivity index (χ3v) is 5.02. The van der Waals surface area contributed by atoms with Gasteiger partial charge in [-0.05, 0) is 50.3 Å². The second kappa shape index (κ2) is 7.11. The predicted octanol–water partition coefficient (Wildman–Crippen LogP) is 4.94. The van der Waals surface area contributed by atoms with Crippen molar-refractivity contribution in [3.8, 4) is 0 Å². The Labute approximate surface area is 135 Å². The lowest BCUT2D eigenvalue weighted by atomic mass is 9.83. The summed E-state index contributed by atoms with van der Waals surface area (Å²) >= 11 is 0. The van der Waals surface area contributed by atoms with Crippen LogP contribution in [0.15, 0.2) is 60.7 Å². The average Bonchev–Trinajstić information content (AvgIpc) is 3.03. The van der Waals surface area contributed by atoms with Gasteiger partial charge < -0.3 is 4.90 Å². The first-order chi connectivity index (χ1) is 10.7. The molecule has 1 aliphatic heterocycles. The van der Waals surface area contributed by atoms with Crippen molar-refractivity contribution in [2.75, 3.05) is 13.1 Å². The number of benzene rings is 2. The van der Waals surface area contributed by atoms with E-state index in [1.807, 2.05) is 0 Å². The lowest BCUT2D eigenvalue weighted by molar-refractivity contribution is 0.262. The van der Waals surface area contributed by atoms with Gasteiger partial charge in [0.05, 0.1) is 0 Å². The summed E-state index contributed by atoms with van der Waals surface area (Å²) in [7, 11) is 0. The van der Waals surface area contributed by atoms with E-state index in [9.17, 15) is 0 Å². The Morgan fingerprint density at radius 3 is 1.91 bits per heavy atom. The molecule has 1 saturated heterocycles. The zero-order valence-electron chi connectivity index (χ0n) is 13.8. The fourth-order valence-corrected chi connectivity index (χ4v) is 3.69. The van der Waals surface area contributed by atoms with Crippen molar-refractivity contribution < 1.29 is 0 Å². The number of hydrogen-bond acceptors (Lipinski definition) is 1. The Balaban J connectivity index is 1.78. The van der Waals surface area contributed by atoms with Crippen molar-refractivity contribution >= 4 is 0 Å². The molecule has 0 spiro atoms. The summed E-state index contributed by atoms with van der Waals surface area (Å²) in [6, 6.07) is 22.7. The van der Waals surface area contributed by atoms with E-state index in [1.165, 1.54) is 37.1 Å². The summed E-state index contributed by atoms with van der Waals surface area (Å²) in [6.45, 7) is 7.15. The second-order valence-corrected chi connectivity index (χ2v) is 6.85. The lowest BCUT2D eigenvalue weighted by Crippen LogP contribution is -2.28. The first-order valence-electron chi connectivity index (χ1n) is 8.58. The van der Waals surface area contributed by atoms with E-state index < -0.39 is 0 Å². The third-order valence-electron chi connectivity index (χ3n) is 5.02. The maximum absolute atomic E-state index is 2.62. The monoisotopic (exact) mass is 293 g/mol. The molecule has 0 amide bonds. The summed E-state index contributed by atoms with van der Waals surface area (Å²) < 4.78 is 0. The molecule has 1 nitrogen and oxygen atoms in total. The van der Waals surface area contributed by atoms with Crippen LogP contribution in [0.5, 0.6) is 0 Å². The molecule has 3 rings (SSSR count). The zero-order valence-corrected chi connectivity index (χ0v) is 13.8. The molecular weight excluding hydrogens is 266 g/mol. The molecule has 1 fully saturated rings. The number of rotatable bonds is 5. The van der Waals surface area contributed by atoms with Crippen LogP contribution in [0.1, 0.15) is 43.7 Å². The molecule has 0 N–H and O–H groups in total. The van der Waals surface area contributed by atoms with E-state index >= 15 is 0 Å². The third kappa shape index (κ3) is 3.59. The van der Waals surface area contributed by atoms with Gasteiger partial charge in [-0.15, -0.1) is 0 Å². The molecule has 0 aromatic heterocycles. The number of likely N-dealkylation sites (tertiary alicyclic amines) is 1. The smallest absolute Gasteiger partial charge is 0.00924 e. The summed E-state index contributed by atoms with van der Waals surface area (Å²) in [4.78, 5) is 2.62. The van der Waals surface area contributed by atoms with E-state index in [1.54, 1.807) is 0 Å². The molecule has 2 aromatic rings. The molecule has 22 heavy (non-hydrogen) atoms. The van der Waals surface area contributed by atoms with Crippen LogP contribution in [0.3, 0.4) is 0 Å². The van der Waals surface area contributed by atoms with Gasteiger partial charge in [-0.25, -0.2) is 0 Å². The van der Waals surface area contributed by atoms with E-state index in [0.29, 0.717) is 12.0 Å². The van der Waals surface area contributed by atoms with Gasteiger partial charge in [0.2, 0.25) is 0 Å². The summed E-state index contributed by atoms with van der Waals surface area (Å²) in [5, 5.41) is 0. The summed E-state index contributed by atoms with van der Waals surface area (Å²) in [5.74, 6) is 1.34. The molecule has 0 saturated carbocycles. The average molecular weight is 293 g/mol. The lowest BCUT2D eigenvalue weighted by Gasteiger charge is -2.23. The summed E-state index contributed by atoms with van der Waals surface area (Å²) in [5.41, 5.74) is 2.91. The van der Waals surface area contributed by atoms with Crippen LogP contribution in [0.2, 0.25) is 0 Å². The van der Waals surface area contributed by atoms with Gasteiger partial charge in [0.25, 0.3) is 0 Å². The Morgan fingerprint density at radius 2 is 1.45 bits per heavy atom. The first kappa shape index (κ1) is 15.3. The maximum Gasteiger partial charge on any atom is 0.00924 e. The quantitative estimate of drug-likeness (QED) is 0.755. The van der Waals surface area contributed by atoms with Gasteiger partial charge in [0.15, 0.2) is 0 Å². The molecular formula is C21H27N. The fraction of sp³-hybridized carbons (Fsp3) is 0.429. The van der Waals surface area contributed by atoms with Crippen LogP contribution in [0.4, 0.5) is 0 Å². The number of nitrogens with zero attached hydrogens (tertiary/aromatic N) is 1. The van der Waals surface area contributed by atoms with Gasteiger partial charge >= 0.3 is 0 Å². The molecule has 1 heteroatoms. The highest BCUT2D eigenvalue weighted by atomic mass is 15.2. The van der Waals surface area contributed by atoms with Crippen molar-refractivity contribution in [1.29, 1.82) is 0 Å². The van der Waals surface area contributed by atoms with Crippen LogP contribution in [0, 0.1) is 5.92 Å². The minimum Gasteiger partial charge on any atom is -0.301 e. The van der Waals surface area contributed by atoms with Gasteiger partial charge in [0, 0.05) is 18.5 Å². The molecule has 1 heterocycles. The van der Waals surface area contributed by atoms with Crippen LogP contribution in [-0.4, -0.2) is 24.0 Å². The van der Waals surface area contributed by atoms with Crippen molar-refractivity contribution in [2.24, 2.45) is 5.92 Å². The topological polar surface area (TPSA) is 3.24 Å². The van der Waals surface area contributed by atoms with E-state index in [0.717, 1.165) is 5.92 Å². The number of hydrogen-bond donors (Lipinski definition) is 0. The van der Waals surface area contributed by atoms with Gasteiger partial charge in [0.1, 0.15) is 0 Å². The predicted molar refractivity (Wildman–Crippen MR) is 94.2 cm³/mol. The Hall–Kier alpha value is -1.60. The van der Waals surface area contributed by atoms with Crippen LogP contribution in [-0.2, 0) is 0 Å². The first-order valence-corrected chi connectivity index (χ1v) is 8.58. The molecule has 1 atom stereocenters. The minimum absolute atomic E-state index is 0.527. The van der Waals surface area contributed by atoms with Crippen molar-refractivity contribution in [1.82, 2.24) is 4.90 Å². The molecule has 2 aromatic carbocycles. The molecule has 0 bridgehead atoms. The SMILES string of the molecule is CC(C)N1CC[C@H](CC(c2ccccc2)c2ccccc2)C1. The standard InChI is InChI=1S/C21H27N/c1-17(2)22-14-13-18(16-22)15-21(19-9-5-3-6-10-19)20-11-7-4-8-12-20/h3-12,17-18,21H,13-16H2,1-2H3/t18-/m1/s1. The van der Waals surface area contributed by atoms with Crippen LogP contribution < -0.4 is 0 Å². The molecule has 116 valence electrons. The highest BCUT2D eigenvalue weighted by Gasteiger charge is 2.27. The van der Waals surface area contributed by atoms with Crippen molar-refractivity contribution in [2.45, 2.75) is 38.6 Å². The molecule has 0 aliphatic carbocycles. The van der Waals surface area contributed by atoms with Crippen molar-refractivity contribution in [3.05, 3.63) is 71.8 Å². The van der Waals surface area contributed by atoms with Crippen LogP contribution in [0.25, 0.3) is 0 Å². The highest BCUT2D eigenvalue weighted by Crippen LogP contribution is 2.34. The Morgan fingerprint density at radius 1 is 0.909 bits per heavy atom. The largest absolute Gasteiger partial charge is 0.301 e. The minimum atomic E-state index is 0.527. The van der Waals surface area contributed by atoms with E-state index in [2.05, 4.69) is 79.4 Å². The van der Waals surface area contributed by atoms with Gasteiger partial charge in [-0.1, -0.05) is 60.7 Å². The maximum atomic E-state index is 2.62. The molecule has 1 aliphatic rings. The molecule has 0 unspecified atom stereocenters. The highest BCUT2D eigenvalue weighted by molar-refractivity contribution is 5.32. The van der Waals surface area contributed by atoms with E-state index in [4.69, 9.17) is 0 Å². The van der Waals surface area contributed by atoms with Crippen LogP contribution >= 0.6 is 0 Å². The zero-order chi connectivity index (χ0) is 15.4. The van der Waals surface area contributed by atoms with Gasteiger partial charge in [-0.2, -0.15) is 0 Å². The van der Waals surface area contributed by atoms with Crippen molar-refractivity contribution in [3.63, 3.8) is 0 Å².